The first kappa shape index (κ1) is 57.5. The van der Waals surface area contributed by atoms with Crippen molar-refractivity contribution in [3.8, 4) is 0 Å². The lowest BCUT2D eigenvalue weighted by molar-refractivity contribution is -0.142. The van der Waals surface area contributed by atoms with Gasteiger partial charge in [-0.2, -0.15) is 25.3 Å². The lowest BCUT2D eigenvalue weighted by atomic mass is 10.1. The quantitative estimate of drug-likeness (QED) is 0.0184. The van der Waals surface area contributed by atoms with Crippen molar-refractivity contribution in [1.82, 2.24) is 21.3 Å². The Kier molecular flexibility index (Phi) is 41.4. The number of unbranched alkanes of at least 4 members (excludes halogenated alkanes) is 23. The zero-order valence-electron chi connectivity index (χ0n) is 38.0. The van der Waals surface area contributed by atoms with Gasteiger partial charge in [0.05, 0.1) is 0 Å². The highest BCUT2D eigenvalue weighted by molar-refractivity contribution is 7.80. The van der Waals surface area contributed by atoms with Crippen LogP contribution in [0.15, 0.2) is 24.3 Å². The van der Waals surface area contributed by atoms with Crippen LogP contribution >= 0.6 is 25.3 Å². The number of carboxylic acids is 1. The lowest BCUT2D eigenvalue weighted by Gasteiger charge is -2.20. The third-order valence-corrected chi connectivity index (χ3v) is 11.6. The summed E-state index contributed by atoms with van der Waals surface area (Å²) in [5.41, 5.74) is 0. The molecule has 0 spiro atoms. The van der Waals surface area contributed by atoms with Crippen LogP contribution in [0.4, 0.5) is 0 Å². The second-order valence-electron chi connectivity index (χ2n) is 16.5. The molecule has 4 amide bonds. The Bertz CT molecular complexity index is 1150. The molecule has 0 aliphatic heterocycles. The number of allylic oxidation sites excluding steroid dienone is 4. The topological polar surface area (TPSA) is 154 Å². The SMILES string of the molecule is CCCCCCCC/C=C\CCCCCCCC(=O)N[C@@H](CS)C(=O)NCCCC[C@H](NC(=O)[C@H](CS)NC(=O)CCCCCCC/C=C\CCCCCCCC)C(=O)O. The van der Waals surface area contributed by atoms with Gasteiger partial charge in [-0.3, -0.25) is 19.2 Å². The molecule has 0 saturated heterocycles. The number of hydrogen-bond donors (Lipinski definition) is 7. The Balaban J connectivity index is 4.15. The Morgan fingerprint density at radius 3 is 1.20 bits per heavy atom. The van der Waals surface area contributed by atoms with E-state index in [1.54, 1.807) is 0 Å². The average molecular weight is 881 g/mol. The fraction of sp³-hybridized carbons (Fsp3) is 0.812. The zero-order chi connectivity index (χ0) is 44.3. The smallest absolute Gasteiger partial charge is 0.326 e. The van der Waals surface area contributed by atoms with Crippen LogP contribution in [-0.4, -0.2) is 70.9 Å². The molecule has 0 aliphatic rings. The second-order valence-corrected chi connectivity index (χ2v) is 17.2. The highest BCUT2D eigenvalue weighted by atomic mass is 32.1. The van der Waals surface area contributed by atoms with Crippen molar-refractivity contribution in [2.24, 2.45) is 0 Å². The van der Waals surface area contributed by atoms with Crippen molar-refractivity contribution in [2.75, 3.05) is 18.1 Å². The molecule has 348 valence electrons. The van der Waals surface area contributed by atoms with E-state index in [0.717, 1.165) is 70.6 Å². The predicted molar refractivity (Wildman–Crippen MR) is 257 cm³/mol. The normalized spacial score (nSPS) is 13.0. The maximum atomic E-state index is 12.9. The number of carboxylic acid groups (broad SMARTS) is 1. The molecule has 0 fully saturated rings. The number of thiol groups is 2. The van der Waals surface area contributed by atoms with Gasteiger partial charge >= 0.3 is 5.97 Å². The molecule has 0 bridgehead atoms. The van der Waals surface area contributed by atoms with Crippen LogP contribution in [0.1, 0.15) is 213 Å². The van der Waals surface area contributed by atoms with Crippen molar-refractivity contribution >= 4 is 54.9 Å². The summed E-state index contributed by atoms with van der Waals surface area (Å²) >= 11 is 8.47. The molecule has 0 unspecified atom stereocenters. The van der Waals surface area contributed by atoms with E-state index in [9.17, 15) is 29.1 Å². The molecule has 3 atom stereocenters. The molecule has 5 N–H and O–H groups in total. The monoisotopic (exact) mass is 881 g/mol. The van der Waals surface area contributed by atoms with Crippen molar-refractivity contribution in [1.29, 1.82) is 0 Å². The lowest BCUT2D eigenvalue weighted by Crippen LogP contribution is -2.52. The van der Waals surface area contributed by atoms with Gasteiger partial charge in [0, 0.05) is 30.9 Å². The number of rotatable bonds is 43. The molecule has 0 radical (unpaired) electrons. The molecule has 0 heterocycles. The Hall–Kier alpha value is -2.47. The van der Waals surface area contributed by atoms with E-state index in [1.807, 2.05) is 0 Å². The van der Waals surface area contributed by atoms with Crippen LogP contribution in [0.25, 0.3) is 0 Å². The minimum absolute atomic E-state index is 0.0443. The highest BCUT2D eigenvalue weighted by Crippen LogP contribution is 2.12. The van der Waals surface area contributed by atoms with E-state index in [2.05, 4.69) is 84.7 Å². The minimum Gasteiger partial charge on any atom is -0.480 e. The largest absolute Gasteiger partial charge is 0.480 e. The van der Waals surface area contributed by atoms with Crippen LogP contribution < -0.4 is 21.3 Å². The van der Waals surface area contributed by atoms with Gasteiger partial charge in [-0.15, -0.1) is 0 Å². The van der Waals surface area contributed by atoms with Gasteiger partial charge in [-0.1, -0.05) is 141 Å². The molecule has 10 nitrogen and oxygen atoms in total. The summed E-state index contributed by atoms with van der Waals surface area (Å²) in [6, 6.07) is -2.82. The van der Waals surface area contributed by atoms with Gasteiger partial charge in [-0.05, 0) is 83.5 Å². The van der Waals surface area contributed by atoms with Crippen LogP contribution in [-0.2, 0) is 24.0 Å². The van der Waals surface area contributed by atoms with Crippen molar-refractivity contribution < 1.29 is 29.1 Å². The second kappa shape index (κ2) is 43.2. The number of hydrogen-bond acceptors (Lipinski definition) is 7. The minimum atomic E-state index is -1.17. The maximum Gasteiger partial charge on any atom is 0.326 e. The van der Waals surface area contributed by atoms with E-state index < -0.39 is 30.0 Å². The molecule has 0 rings (SSSR count). The van der Waals surface area contributed by atoms with E-state index in [1.165, 1.54) is 96.3 Å². The van der Waals surface area contributed by atoms with E-state index in [-0.39, 0.29) is 35.6 Å². The molecule has 0 saturated carbocycles. The summed E-state index contributed by atoms with van der Waals surface area (Å²) in [4.78, 5) is 62.5. The molecule has 12 heteroatoms. The molecule has 60 heavy (non-hydrogen) atoms. The molecular weight excluding hydrogens is 793 g/mol. The molecular formula is C48H88N4O6S2. The number of aliphatic carboxylic acids is 1. The number of carbonyl (C=O) groups excluding carboxylic acids is 4. The van der Waals surface area contributed by atoms with E-state index >= 15 is 0 Å². The Morgan fingerprint density at radius 2 is 0.817 bits per heavy atom. The average Bonchev–Trinajstić information content (AvgIpc) is 3.23. The van der Waals surface area contributed by atoms with Gasteiger partial charge in [0.25, 0.3) is 0 Å². The van der Waals surface area contributed by atoms with Crippen molar-refractivity contribution in [3.63, 3.8) is 0 Å². The zero-order valence-corrected chi connectivity index (χ0v) is 39.8. The van der Waals surface area contributed by atoms with Crippen molar-refractivity contribution in [2.45, 2.75) is 231 Å². The maximum absolute atomic E-state index is 12.9. The first-order valence-corrected chi connectivity index (χ1v) is 25.4. The van der Waals surface area contributed by atoms with E-state index in [4.69, 9.17) is 0 Å². The van der Waals surface area contributed by atoms with Gasteiger partial charge in [0.15, 0.2) is 0 Å². The molecule has 0 aromatic carbocycles. The van der Waals surface area contributed by atoms with Gasteiger partial charge in [0.2, 0.25) is 23.6 Å². The van der Waals surface area contributed by atoms with Gasteiger partial charge in [-0.25, -0.2) is 4.79 Å². The Labute approximate surface area is 377 Å². The van der Waals surface area contributed by atoms with E-state index in [0.29, 0.717) is 32.2 Å². The summed E-state index contributed by atoms with van der Waals surface area (Å²) in [7, 11) is 0. The summed E-state index contributed by atoms with van der Waals surface area (Å²) in [6.07, 6.45) is 41.6. The molecule has 0 aromatic heterocycles. The predicted octanol–water partition coefficient (Wildman–Crippen LogP) is 10.7. The van der Waals surface area contributed by atoms with Crippen LogP contribution in [0.5, 0.6) is 0 Å². The number of amides is 4. The Morgan fingerprint density at radius 1 is 0.450 bits per heavy atom. The first-order chi connectivity index (χ1) is 29.2. The summed E-state index contributed by atoms with van der Waals surface area (Å²) < 4.78 is 0. The standard InChI is InChI=1S/C48H88N4O6S2/c1-3-5-7-9-11-13-15-17-19-21-23-25-27-29-31-36-44(53)50-42(39-59)46(55)49-38-34-33-35-41(48(57)58)52-47(56)43(40-60)51-45(54)37-32-30-28-26-24-22-20-18-16-14-12-10-8-6-4-2/h17-20,41-43,59-60H,3-16,21-40H2,1-2H3,(H,49,55)(H,50,53)(H,51,54)(H,52,56)(H,57,58)/b19-17-,20-18-/t41-,42-,43-/m0/s1. The summed E-state index contributed by atoms with van der Waals surface area (Å²) in [5.74, 6) is -2.30. The number of nitrogens with one attached hydrogen (secondary N) is 4. The van der Waals surface area contributed by atoms with Crippen LogP contribution in [0.3, 0.4) is 0 Å². The molecule has 0 aliphatic carbocycles. The molecule has 0 aromatic rings. The fourth-order valence-corrected chi connectivity index (χ4v) is 7.49. The number of carbonyl (C=O) groups is 5. The third-order valence-electron chi connectivity index (χ3n) is 10.8. The van der Waals surface area contributed by atoms with Crippen molar-refractivity contribution in [3.05, 3.63) is 24.3 Å². The highest BCUT2D eigenvalue weighted by Gasteiger charge is 2.25. The van der Waals surface area contributed by atoms with Crippen LogP contribution in [0.2, 0.25) is 0 Å². The van der Waals surface area contributed by atoms with Gasteiger partial charge < -0.3 is 26.4 Å². The summed E-state index contributed by atoms with van der Waals surface area (Å²) in [6.45, 7) is 4.78. The first-order valence-electron chi connectivity index (χ1n) is 24.1. The van der Waals surface area contributed by atoms with Crippen LogP contribution in [0, 0.1) is 0 Å². The van der Waals surface area contributed by atoms with Gasteiger partial charge in [0.1, 0.15) is 18.1 Å². The third kappa shape index (κ3) is 36.2. The fourth-order valence-electron chi connectivity index (χ4n) is 6.97. The summed E-state index contributed by atoms with van der Waals surface area (Å²) in [5, 5.41) is 20.5.